The van der Waals surface area contributed by atoms with Crippen LogP contribution in [0.2, 0.25) is 0 Å². The number of ketones is 1. The molecule has 0 bridgehead atoms. The van der Waals surface area contributed by atoms with Crippen molar-refractivity contribution in [2.75, 3.05) is 36.5 Å². The molecular formula is C19H19FN2O3. The molecule has 0 radical (unpaired) electrons. The standard InChI is InChI=1S/C19H19FN2O3/c1-13(23)14-2-5-16(6-3-14)21-19(24)17-12-15(20)4-7-18(17)22-8-10-25-11-9-22/h2-7,12H,8-11H2,1H3,(H,21,24). The molecule has 0 saturated carbocycles. The van der Waals surface area contributed by atoms with Gasteiger partial charge < -0.3 is 15.0 Å². The van der Waals surface area contributed by atoms with Crippen LogP contribution in [0, 0.1) is 5.82 Å². The predicted molar refractivity (Wildman–Crippen MR) is 93.8 cm³/mol. The van der Waals surface area contributed by atoms with Crippen LogP contribution in [0.25, 0.3) is 0 Å². The molecule has 2 aromatic carbocycles. The molecule has 6 heteroatoms. The molecule has 25 heavy (non-hydrogen) atoms. The zero-order valence-corrected chi connectivity index (χ0v) is 13.9. The van der Waals surface area contributed by atoms with Gasteiger partial charge in [0.2, 0.25) is 0 Å². The van der Waals surface area contributed by atoms with E-state index in [9.17, 15) is 14.0 Å². The van der Waals surface area contributed by atoms with Crippen molar-refractivity contribution in [2.45, 2.75) is 6.92 Å². The lowest BCUT2D eigenvalue weighted by atomic mass is 10.1. The van der Waals surface area contributed by atoms with Gasteiger partial charge in [-0.05, 0) is 49.4 Å². The number of amides is 1. The SMILES string of the molecule is CC(=O)c1ccc(NC(=O)c2cc(F)ccc2N2CCOCC2)cc1. The lowest BCUT2D eigenvalue weighted by molar-refractivity contribution is 0.101. The summed E-state index contributed by atoms with van der Waals surface area (Å²) in [4.78, 5) is 26.0. The van der Waals surface area contributed by atoms with Gasteiger partial charge in [-0.1, -0.05) is 0 Å². The molecule has 2 aromatic rings. The normalized spacial score (nSPS) is 14.2. The Hall–Kier alpha value is -2.73. The highest BCUT2D eigenvalue weighted by Gasteiger charge is 2.19. The molecule has 1 heterocycles. The van der Waals surface area contributed by atoms with Gasteiger partial charge in [0.05, 0.1) is 18.8 Å². The Kier molecular flexibility index (Phi) is 5.09. The molecule has 1 N–H and O–H groups in total. The van der Waals surface area contributed by atoms with Crippen molar-refractivity contribution in [3.8, 4) is 0 Å². The first-order valence-electron chi connectivity index (χ1n) is 8.09. The Morgan fingerprint density at radius 1 is 1.08 bits per heavy atom. The summed E-state index contributed by atoms with van der Waals surface area (Å²) < 4.78 is 19.0. The second kappa shape index (κ2) is 7.44. The Morgan fingerprint density at radius 3 is 2.40 bits per heavy atom. The van der Waals surface area contributed by atoms with Gasteiger partial charge in [0.25, 0.3) is 5.91 Å². The quantitative estimate of drug-likeness (QED) is 0.868. The zero-order valence-electron chi connectivity index (χ0n) is 13.9. The van der Waals surface area contributed by atoms with Gasteiger partial charge in [-0.25, -0.2) is 4.39 Å². The molecule has 130 valence electrons. The molecule has 0 aliphatic carbocycles. The molecule has 0 aromatic heterocycles. The van der Waals surface area contributed by atoms with Gasteiger partial charge in [0.15, 0.2) is 5.78 Å². The minimum Gasteiger partial charge on any atom is -0.378 e. The number of morpholine rings is 1. The highest BCUT2D eigenvalue weighted by Crippen LogP contribution is 2.24. The minimum absolute atomic E-state index is 0.0439. The topological polar surface area (TPSA) is 58.6 Å². The minimum atomic E-state index is -0.464. The summed E-state index contributed by atoms with van der Waals surface area (Å²) in [5.74, 6) is -0.900. The number of ether oxygens (including phenoxy) is 1. The second-order valence-electron chi connectivity index (χ2n) is 5.85. The maximum absolute atomic E-state index is 13.7. The van der Waals surface area contributed by atoms with Crippen LogP contribution in [0.1, 0.15) is 27.6 Å². The summed E-state index contributed by atoms with van der Waals surface area (Å²) in [5, 5.41) is 2.76. The maximum atomic E-state index is 13.7. The smallest absolute Gasteiger partial charge is 0.257 e. The Morgan fingerprint density at radius 2 is 1.76 bits per heavy atom. The van der Waals surface area contributed by atoms with Gasteiger partial charge in [-0.15, -0.1) is 0 Å². The fourth-order valence-corrected chi connectivity index (χ4v) is 2.76. The number of nitrogens with one attached hydrogen (secondary N) is 1. The summed E-state index contributed by atoms with van der Waals surface area (Å²) in [6, 6.07) is 10.8. The molecule has 0 atom stereocenters. The number of hydrogen-bond acceptors (Lipinski definition) is 4. The van der Waals surface area contributed by atoms with E-state index in [2.05, 4.69) is 5.32 Å². The number of carbonyl (C=O) groups excluding carboxylic acids is 2. The lowest BCUT2D eigenvalue weighted by Crippen LogP contribution is -2.37. The molecule has 1 amide bonds. The van der Waals surface area contributed by atoms with Crippen molar-refractivity contribution in [3.05, 3.63) is 59.4 Å². The van der Waals surface area contributed by atoms with Crippen molar-refractivity contribution >= 4 is 23.1 Å². The van der Waals surface area contributed by atoms with Gasteiger partial charge in [0, 0.05) is 30.0 Å². The van der Waals surface area contributed by atoms with E-state index in [1.54, 1.807) is 30.3 Å². The van der Waals surface area contributed by atoms with Gasteiger partial charge in [-0.2, -0.15) is 0 Å². The Bertz CT molecular complexity index is 784. The van der Waals surface area contributed by atoms with E-state index < -0.39 is 11.7 Å². The lowest BCUT2D eigenvalue weighted by Gasteiger charge is -2.30. The number of carbonyl (C=O) groups is 2. The summed E-state index contributed by atoms with van der Waals surface area (Å²) in [7, 11) is 0. The molecular weight excluding hydrogens is 323 g/mol. The number of Topliss-reactive ketones (excluding diaryl/α,β-unsaturated/α-hetero) is 1. The largest absolute Gasteiger partial charge is 0.378 e. The van der Waals surface area contributed by atoms with Crippen molar-refractivity contribution in [2.24, 2.45) is 0 Å². The summed E-state index contributed by atoms with van der Waals surface area (Å²) >= 11 is 0. The van der Waals surface area contributed by atoms with Crippen LogP contribution in [-0.4, -0.2) is 38.0 Å². The molecule has 3 rings (SSSR count). The second-order valence-corrected chi connectivity index (χ2v) is 5.85. The van der Waals surface area contributed by atoms with Crippen molar-refractivity contribution in [1.29, 1.82) is 0 Å². The fourth-order valence-electron chi connectivity index (χ4n) is 2.76. The van der Waals surface area contributed by atoms with Gasteiger partial charge >= 0.3 is 0 Å². The number of benzene rings is 2. The third kappa shape index (κ3) is 4.03. The number of hydrogen-bond donors (Lipinski definition) is 1. The predicted octanol–water partition coefficient (Wildman–Crippen LogP) is 3.12. The number of halogens is 1. The van der Waals surface area contributed by atoms with E-state index in [-0.39, 0.29) is 11.3 Å². The number of nitrogens with zero attached hydrogens (tertiary/aromatic N) is 1. The van der Waals surface area contributed by atoms with E-state index in [1.165, 1.54) is 19.1 Å². The van der Waals surface area contributed by atoms with Gasteiger partial charge in [-0.3, -0.25) is 9.59 Å². The average molecular weight is 342 g/mol. The summed E-state index contributed by atoms with van der Waals surface area (Å²) in [6.07, 6.45) is 0. The van der Waals surface area contributed by atoms with E-state index in [0.29, 0.717) is 43.2 Å². The number of anilines is 2. The van der Waals surface area contributed by atoms with Crippen molar-refractivity contribution < 1.29 is 18.7 Å². The third-order valence-electron chi connectivity index (χ3n) is 4.10. The van der Waals surface area contributed by atoms with E-state index in [0.717, 1.165) is 0 Å². The van der Waals surface area contributed by atoms with Crippen LogP contribution in [-0.2, 0) is 4.74 Å². The van der Waals surface area contributed by atoms with Crippen LogP contribution >= 0.6 is 0 Å². The molecule has 1 fully saturated rings. The Labute approximate surface area is 145 Å². The summed E-state index contributed by atoms with van der Waals surface area (Å²) in [5.41, 5.74) is 2.07. The van der Waals surface area contributed by atoms with E-state index in [1.807, 2.05) is 4.90 Å². The molecule has 0 unspecified atom stereocenters. The first-order valence-corrected chi connectivity index (χ1v) is 8.09. The first-order chi connectivity index (χ1) is 12.0. The highest BCUT2D eigenvalue weighted by atomic mass is 19.1. The van der Waals surface area contributed by atoms with E-state index >= 15 is 0 Å². The molecule has 0 spiro atoms. The first kappa shape index (κ1) is 17.1. The summed E-state index contributed by atoms with van der Waals surface area (Å²) in [6.45, 7) is 3.93. The van der Waals surface area contributed by atoms with Gasteiger partial charge in [0.1, 0.15) is 5.82 Å². The molecule has 1 saturated heterocycles. The number of rotatable bonds is 4. The van der Waals surface area contributed by atoms with Crippen LogP contribution < -0.4 is 10.2 Å². The monoisotopic (exact) mass is 342 g/mol. The molecule has 1 aliphatic heterocycles. The maximum Gasteiger partial charge on any atom is 0.257 e. The van der Waals surface area contributed by atoms with Crippen LogP contribution in [0.3, 0.4) is 0 Å². The highest BCUT2D eigenvalue weighted by molar-refractivity contribution is 6.08. The van der Waals surface area contributed by atoms with Crippen LogP contribution in [0.15, 0.2) is 42.5 Å². The fraction of sp³-hybridized carbons (Fsp3) is 0.263. The van der Waals surface area contributed by atoms with Crippen molar-refractivity contribution in [1.82, 2.24) is 0 Å². The van der Waals surface area contributed by atoms with Crippen LogP contribution in [0.5, 0.6) is 0 Å². The van der Waals surface area contributed by atoms with Crippen molar-refractivity contribution in [3.63, 3.8) is 0 Å². The van der Waals surface area contributed by atoms with E-state index in [4.69, 9.17) is 4.74 Å². The molecule has 1 aliphatic rings. The van der Waals surface area contributed by atoms with Crippen LogP contribution in [0.4, 0.5) is 15.8 Å². The third-order valence-corrected chi connectivity index (χ3v) is 4.10. The Balaban J connectivity index is 1.83. The average Bonchev–Trinajstić information content (AvgIpc) is 2.63. The zero-order chi connectivity index (χ0) is 17.8. The molecule has 5 nitrogen and oxygen atoms in total.